The van der Waals surface area contributed by atoms with Crippen LogP contribution in [0.15, 0.2) is 102 Å². The van der Waals surface area contributed by atoms with Gasteiger partial charge in [0.1, 0.15) is 0 Å². The highest BCUT2D eigenvalue weighted by Gasteiger charge is 2.16. The number of aryl methyl sites for hydroxylation is 1. The van der Waals surface area contributed by atoms with Crippen molar-refractivity contribution >= 4 is 26.7 Å². The fourth-order valence-electron chi connectivity index (χ4n) is 3.70. The Labute approximate surface area is 163 Å². The van der Waals surface area contributed by atoms with E-state index in [2.05, 4.69) is 113 Å². The molecule has 0 fully saturated rings. The van der Waals surface area contributed by atoms with E-state index in [1.807, 2.05) is 0 Å². The van der Waals surface area contributed by atoms with Gasteiger partial charge >= 0.3 is 0 Å². The highest BCUT2D eigenvalue weighted by atomic mass is 79.9. The van der Waals surface area contributed by atoms with Crippen LogP contribution in [0.3, 0.4) is 0 Å². The lowest BCUT2D eigenvalue weighted by Crippen LogP contribution is -2.04. The molecule has 0 nitrogen and oxygen atoms in total. The van der Waals surface area contributed by atoms with Crippen LogP contribution in [0.25, 0.3) is 10.8 Å². The molecule has 0 bridgehead atoms. The summed E-state index contributed by atoms with van der Waals surface area (Å²) in [5.74, 6) is 0.394. The Kier molecular flexibility index (Phi) is 5.17. The number of rotatable bonds is 5. The van der Waals surface area contributed by atoms with Crippen molar-refractivity contribution in [3.05, 3.63) is 118 Å². The predicted molar refractivity (Wildman–Crippen MR) is 115 cm³/mol. The minimum absolute atomic E-state index is 0.394. The van der Waals surface area contributed by atoms with Gasteiger partial charge in [0, 0.05) is 10.4 Å². The summed E-state index contributed by atoms with van der Waals surface area (Å²) in [6.07, 6.45) is 2.16. The van der Waals surface area contributed by atoms with Crippen LogP contribution in [0.1, 0.15) is 29.0 Å². The second-order valence-electron chi connectivity index (χ2n) is 6.70. The Morgan fingerprint density at radius 1 is 0.654 bits per heavy atom. The second kappa shape index (κ2) is 7.88. The molecule has 4 aromatic carbocycles. The predicted octanol–water partition coefficient (Wildman–Crippen LogP) is 7.37. The van der Waals surface area contributed by atoms with E-state index in [1.54, 1.807) is 0 Å². The first kappa shape index (κ1) is 17.1. The molecule has 0 amide bonds. The molecule has 0 radical (unpaired) electrons. The molecule has 4 aromatic rings. The van der Waals surface area contributed by atoms with E-state index < -0.39 is 0 Å². The van der Waals surface area contributed by atoms with Crippen LogP contribution < -0.4 is 0 Å². The lowest BCUT2D eigenvalue weighted by molar-refractivity contribution is 0.720. The summed E-state index contributed by atoms with van der Waals surface area (Å²) in [5.41, 5.74) is 4.20. The minimum Gasteiger partial charge on any atom is -0.0622 e. The summed E-state index contributed by atoms with van der Waals surface area (Å²) in [5, 5.41) is 2.68. The van der Waals surface area contributed by atoms with Gasteiger partial charge in [-0.3, -0.25) is 0 Å². The van der Waals surface area contributed by atoms with E-state index >= 15 is 0 Å². The van der Waals surface area contributed by atoms with E-state index in [1.165, 1.54) is 27.5 Å². The Balaban J connectivity index is 1.72. The number of hydrogen-bond acceptors (Lipinski definition) is 0. The van der Waals surface area contributed by atoms with Crippen LogP contribution >= 0.6 is 15.9 Å². The van der Waals surface area contributed by atoms with E-state index in [0.717, 1.165) is 17.3 Å². The fourth-order valence-corrected chi connectivity index (χ4v) is 3.97. The molecule has 0 saturated carbocycles. The number of fused-ring (bicyclic) bond motifs is 1. The Morgan fingerprint density at radius 2 is 1.35 bits per heavy atom. The molecular weight excluding hydrogens is 380 g/mol. The zero-order valence-corrected chi connectivity index (χ0v) is 16.2. The van der Waals surface area contributed by atoms with Crippen molar-refractivity contribution in [2.45, 2.75) is 18.8 Å². The third-order valence-corrected chi connectivity index (χ3v) is 5.56. The first-order valence-corrected chi connectivity index (χ1v) is 9.87. The molecule has 0 aromatic heterocycles. The van der Waals surface area contributed by atoms with Gasteiger partial charge in [0.2, 0.25) is 0 Å². The van der Waals surface area contributed by atoms with Crippen molar-refractivity contribution in [3.8, 4) is 0 Å². The largest absolute Gasteiger partial charge is 0.0622 e. The lowest BCUT2D eigenvalue weighted by Gasteiger charge is -2.20. The average molecular weight is 401 g/mol. The van der Waals surface area contributed by atoms with Crippen LogP contribution in [0.2, 0.25) is 0 Å². The van der Waals surface area contributed by atoms with Crippen molar-refractivity contribution in [1.29, 1.82) is 0 Å². The average Bonchev–Trinajstić information content (AvgIpc) is 2.70. The van der Waals surface area contributed by atoms with Gasteiger partial charge < -0.3 is 0 Å². The van der Waals surface area contributed by atoms with Crippen LogP contribution in [-0.4, -0.2) is 0 Å². The van der Waals surface area contributed by atoms with Crippen molar-refractivity contribution in [1.82, 2.24) is 0 Å². The summed E-state index contributed by atoms with van der Waals surface area (Å²) in [6.45, 7) is 0. The maximum atomic E-state index is 3.53. The van der Waals surface area contributed by atoms with Gasteiger partial charge in [-0.25, -0.2) is 0 Å². The molecule has 0 heterocycles. The molecule has 1 unspecified atom stereocenters. The summed E-state index contributed by atoms with van der Waals surface area (Å²) in [6, 6.07) is 35.0. The van der Waals surface area contributed by atoms with Crippen LogP contribution in [0.5, 0.6) is 0 Å². The van der Waals surface area contributed by atoms with E-state index in [-0.39, 0.29) is 0 Å². The maximum absolute atomic E-state index is 3.53. The molecule has 0 aliphatic carbocycles. The van der Waals surface area contributed by atoms with Crippen molar-refractivity contribution in [3.63, 3.8) is 0 Å². The standard InChI is InChI=1S/C25H21Br/c26-22-16-13-19(14-17-22)15-18-24(20-7-2-1-3-8-20)25-12-6-10-21-9-4-5-11-23(21)25/h1-14,16-17,24H,15,18H2. The van der Waals surface area contributed by atoms with Gasteiger partial charge in [0.05, 0.1) is 0 Å². The molecule has 1 heteroatoms. The smallest absolute Gasteiger partial charge is 0.0175 e. The van der Waals surface area contributed by atoms with Gasteiger partial charge in [-0.2, -0.15) is 0 Å². The van der Waals surface area contributed by atoms with Gasteiger partial charge in [-0.05, 0) is 52.4 Å². The number of hydrogen-bond donors (Lipinski definition) is 0. The normalized spacial score (nSPS) is 12.2. The molecule has 0 saturated heterocycles. The van der Waals surface area contributed by atoms with Crippen LogP contribution in [-0.2, 0) is 6.42 Å². The molecule has 1 atom stereocenters. The number of benzene rings is 4. The Hall–Kier alpha value is -2.38. The van der Waals surface area contributed by atoms with Gasteiger partial charge in [0.15, 0.2) is 0 Å². The second-order valence-corrected chi connectivity index (χ2v) is 7.61. The maximum Gasteiger partial charge on any atom is 0.0175 e. The third kappa shape index (κ3) is 3.73. The number of halogens is 1. The van der Waals surface area contributed by atoms with Crippen molar-refractivity contribution in [2.24, 2.45) is 0 Å². The summed E-state index contributed by atoms with van der Waals surface area (Å²) >= 11 is 3.53. The van der Waals surface area contributed by atoms with E-state index in [0.29, 0.717) is 5.92 Å². The SMILES string of the molecule is Brc1ccc(CCC(c2ccccc2)c2cccc3ccccc23)cc1. The van der Waals surface area contributed by atoms with Crippen LogP contribution in [0.4, 0.5) is 0 Å². The molecule has 4 rings (SSSR count). The molecule has 26 heavy (non-hydrogen) atoms. The zero-order valence-electron chi connectivity index (χ0n) is 14.6. The molecular formula is C25H21Br. The minimum atomic E-state index is 0.394. The molecule has 0 spiro atoms. The lowest BCUT2D eigenvalue weighted by atomic mass is 9.84. The molecule has 0 aliphatic heterocycles. The highest BCUT2D eigenvalue weighted by molar-refractivity contribution is 9.10. The van der Waals surface area contributed by atoms with E-state index in [4.69, 9.17) is 0 Å². The van der Waals surface area contributed by atoms with Gasteiger partial charge in [-0.1, -0.05) is 101 Å². The first-order valence-electron chi connectivity index (χ1n) is 9.08. The highest BCUT2D eigenvalue weighted by Crippen LogP contribution is 2.34. The van der Waals surface area contributed by atoms with Crippen molar-refractivity contribution in [2.75, 3.05) is 0 Å². The monoisotopic (exact) mass is 400 g/mol. The molecule has 128 valence electrons. The first-order chi connectivity index (χ1) is 12.8. The fraction of sp³-hybridized carbons (Fsp3) is 0.120. The summed E-state index contributed by atoms with van der Waals surface area (Å²) in [7, 11) is 0. The Bertz CT molecular complexity index is 982. The van der Waals surface area contributed by atoms with E-state index in [9.17, 15) is 0 Å². The zero-order chi connectivity index (χ0) is 17.8. The summed E-state index contributed by atoms with van der Waals surface area (Å²) in [4.78, 5) is 0. The topological polar surface area (TPSA) is 0 Å². The quantitative estimate of drug-likeness (QED) is 0.328. The summed E-state index contributed by atoms with van der Waals surface area (Å²) < 4.78 is 1.13. The van der Waals surface area contributed by atoms with Gasteiger partial charge in [0.25, 0.3) is 0 Å². The van der Waals surface area contributed by atoms with Crippen molar-refractivity contribution < 1.29 is 0 Å². The Morgan fingerprint density at radius 3 is 2.15 bits per heavy atom. The third-order valence-electron chi connectivity index (χ3n) is 5.04. The molecule has 0 N–H and O–H groups in total. The van der Waals surface area contributed by atoms with Crippen LogP contribution in [0, 0.1) is 0 Å². The van der Waals surface area contributed by atoms with Gasteiger partial charge in [-0.15, -0.1) is 0 Å². The molecule has 0 aliphatic rings.